The van der Waals surface area contributed by atoms with Crippen molar-refractivity contribution in [2.45, 2.75) is 59.0 Å². The van der Waals surface area contributed by atoms with E-state index in [2.05, 4.69) is 15.3 Å². The summed E-state index contributed by atoms with van der Waals surface area (Å²) in [4.78, 5) is 22.3. The summed E-state index contributed by atoms with van der Waals surface area (Å²) < 4.78 is 47.0. The fourth-order valence-electron chi connectivity index (χ4n) is 4.84. The van der Waals surface area contributed by atoms with Gasteiger partial charge in [-0.1, -0.05) is 13.8 Å². The van der Waals surface area contributed by atoms with Gasteiger partial charge in [0.15, 0.2) is 5.82 Å². The Morgan fingerprint density at radius 1 is 1.16 bits per heavy atom. The van der Waals surface area contributed by atoms with Gasteiger partial charge < -0.3 is 24.6 Å². The lowest BCUT2D eigenvalue weighted by Crippen LogP contribution is -2.43. The number of halogens is 2. The number of hydrogen-bond acceptors (Lipinski definition) is 7. The summed E-state index contributed by atoms with van der Waals surface area (Å²) in [6.45, 7) is 10.6. The van der Waals surface area contributed by atoms with E-state index in [1.807, 2.05) is 26.8 Å². The third-order valence-corrected chi connectivity index (χ3v) is 6.92. The molecular formula is C33H37F2N3O5. The van der Waals surface area contributed by atoms with Crippen LogP contribution in [0.5, 0.6) is 5.75 Å². The van der Waals surface area contributed by atoms with E-state index < -0.39 is 28.9 Å². The van der Waals surface area contributed by atoms with Gasteiger partial charge in [0.2, 0.25) is 5.79 Å². The van der Waals surface area contributed by atoms with Gasteiger partial charge in [-0.05, 0) is 81.8 Å². The number of carbonyl (C=O) groups is 1. The molecule has 228 valence electrons. The molecule has 0 spiro atoms. The van der Waals surface area contributed by atoms with Crippen molar-refractivity contribution >= 4 is 16.8 Å². The fraction of sp³-hybridized carbons (Fsp3) is 0.364. The van der Waals surface area contributed by atoms with Gasteiger partial charge >= 0.3 is 0 Å². The molecule has 8 nitrogen and oxygen atoms in total. The number of aliphatic hydroxyl groups is 1. The van der Waals surface area contributed by atoms with E-state index in [-0.39, 0.29) is 36.2 Å². The predicted octanol–water partition coefficient (Wildman–Crippen LogP) is 6.16. The van der Waals surface area contributed by atoms with Crippen molar-refractivity contribution in [3.63, 3.8) is 0 Å². The predicted molar refractivity (Wildman–Crippen MR) is 160 cm³/mol. The SMILES string of the molecule is CC.COc1cc(C(=O)NCC2(c3cc(C(C)(C)O)c(F)c(-c4ccc(F)cc4)n3)OCC(C)O2)cc2cc(C)cnc12. The highest BCUT2D eigenvalue weighted by Gasteiger charge is 2.45. The number of amides is 1. The quantitative estimate of drug-likeness (QED) is 0.264. The largest absolute Gasteiger partial charge is 0.494 e. The zero-order valence-electron chi connectivity index (χ0n) is 25.4. The van der Waals surface area contributed by atoms with Gasteiger partial charge in [0.1, 0.15) is 28.5 Å². The number of rotatable bonds is 7. The van der Waals surface area contributed by atoms with E-state index in [9.17, 15) is 14.3 Å². The maximum absolute atomic E-state index is 15.7. The van der Waals surface area contributed by atoms with E-state index in [0.29, 0.717) is 22.4 Å². The lowest BCUT2D eigenvalue weighted by molar-refractivity contribution is -0.173. The van der Waals surface area contributed by atoms with E-state index in [0.717, 1.165) is 10.9 Å². The smallest absolute Gasteiger partial charge is 0.251 e. The first kappa shape index (κ1) is 31.9. The maximum Gasteiger partial charge on any atom is 0.251 e. The van der Waals surface area contributed by atoms with Gasteiger partial charge in [-0.15, -0.1) is 0 Å². The number of nitrogens with zero attached hydrogens (tertiary/aromatic N) is 2. The number of carbonyl (C=O) groups excluding carboxylic acids is 1. The summed E-state index contributed by atoms with van der Waals surface area (Å²) >= 11 is 0. The van der Waals surface area contributed by atoms with Crippen LogP contribution in [0.2, 0.25) is 0 Å². The van der Waals surface area contributed by atoms with Crippen molar-refractivity contribution in [3.05, 3.63) is 88.7 Å². The molecule has 0 bridgehead atoms. The van der Waals surface area contributed by atoms with Crippen LogP contribution in [0.3, 0.4) is 0 Å². The fourth-order valence-corrected chi connectivity index (χ4v) is 4.84. The van der Waals surface area contributed by atoms with Crippen molar-refractivity contribution in [2.75, 3.05) is 20.3 Å². The topological polar surface area (TPSA) is 103 Å². The van der Waals surface area contributed by atoms with Gasteiger partial charge in [0.05, 0.1) is 32.0 Å². The number of methoxy groups -OCH3 is 1. The minimum absolute atomic E-state index is 0.0542. The number of aromatic nitrogens is 2. The molecule has 1 aliphatic rings. The van der Waals surface area contributed by atoms with E-state index >= 15 is 4.39 Å². The van der Waals surface area contributed by atoms with Gasteiger partial charge in [-0.2, -0.15) is 0 Å². The molecule has 1 saturated heterocycles. The van der Waals surface area contributed by atoms with Gasteiger partial charge in [0, 0.05) is 28.3 Å². The molecule has 43 heavy (non-hydrogen) atoms. The van der Waals surface area contributed by atoms with Crippen LogP contribution < -0.4 is 10.1 Å². The zero-order chi connectivity index (χ0) is 31.5. The molecule has 0 radical (unpaired) electrons. The second-order valence-corrected chi connectivity index (χ2v) is 10.7. The Morgan fingerprint density at radius 3 is 2.47 bits per heavy atom. The molecule has 5 rings (SSSR count). The maximum atomic E-state index is 15.7. The van der Waals surface area contributed by atoms with Crippen LogP contribution in [0.25, 0.3) is 22.2 Å². The molecule has 1 aliphatic heterocycles. The number of nitrogens with one attached hydrogen (secondary N) is 1. The Labute approximate surface area is 250 Å². The summed E-state index contributed by atoms with van der Waals surface area (Å²) in [5.41, 5.74) is 0.577. The molecule has 2 aromatic heterocycles. The Hall–Kier alpha value is -3.99. The monoisotopic (exact) mass is 593 g/mol. The molecule has 1 fully saturated rings. The normalized spacial score (nSPS) is 18.2. The number of aryl methyl sites for hydroxylation is 1. The number of ether oxygens (including phenoxy) is 3. The van der Waals surface area contributed by atoms with Gasteiger partial charge in [0.25, 0.3) is 5.91 Å². The molecule has 1 amide bonds. The minimum Gasteiger partial charge on any atom is -0.494 e. The Balaban J connectivity index is 0.00000207. The lowest BCUT2D eigenvalue weighted by Gasteiger charge is -2.30. The third-order valence-electron chi connectivity index (χ3n) is 6.92. The lowest BCUT2D eigenvalue weighted by atomic mass is 9.93. The Morgan fingerprint density at radius 2 is 1.86 bits per heavy atom. The van der Waals surface area contributed by atoms with E-state index in [4.69, 9.17) is 14.2 Å². The van der Waals surface area contributed by atoms with Crippen molar-refractivity contribution in [3.8, 4) is 17.0 Å². The van der Waals surface area contributed by atoms with Crippen LogP contribution in [0.15, 0.2) is 54.7 Å². The standard InChI is InChI=1S/C31H31F2N3O5.C2H6/c1-17-10-20-11-21(12-24(39-5)27(20)34-14-17)29(37)35-16-31(40-15-18(2)41-31)25-13-23(30(3,4)38)26(33)28(36-25)19-6-8-22(32)9-7-19;1-2/h6-14,18,38H,15-16H2,1-5H3,(H,35,37);1-2H3. The van der Waals surface area contributed by atoms with Gasteiger partial charge in [-0.3, -0.25) is 9.78 Å². The highest BCUT2D eigenvalue weighted by atomic mass is 19.1. The summed E-state index contributed by atoms with van der Waals surface area (Å²) in [6.07, 6.45) is 1.36. The van der Waals surface area contributed by atoms with Crippen molar-refractivity contribution < 1.29 is 32.9 Å². The van der Waals surface area contributed by atoms with Crippen LogP contribution in [-0.4, -0.2) is 47.3 Å². The van der Waals surface area contributed by atoms with Crippen molar-refractivity contribution in [2.24, 2.45) is 0 Å². The Bertz CT molecular complexity index is 1620. The summed E-state index contributed by atoms with van der Waals surface area (Å²) in [5.74, 6) is -2.81. The second-order valence-electron chi connectivity index (χ2n) is 10.7. The number of hydrogen-bond donors (Lipinski definition) is 2. The Kier molecular flexibility index (Phi) is 9.44. The van der Waals surface area contributed by atoms with Crippen molar-refractivity contribution in [1.82, 2.24) is 15.3 Å². The van der Waals surface area contributed by atoms with Crippen molar-refractivity contribution in [1.29, 1.82) is 0 Å². The highest BCUT2D eigenvalue weighted by molar-refractivity contribution is 6.00. The van der Waals surface area contributed by atoms with Crippen LogP contribution in [0, 0.1) is 18.6 Å². The summed E-state index contributed by atoms with van der Waals surface area (Å²) in [5, 5.41) is 14.4. The molecule has 3 heterocycles. The number of pyridine rings is 2. The average molecular weight is 594 g/mol. The third kappa shape index (κ3) is 6.66. The first-order chi connectivity index (χ1) is 20.4. The highest BCUT2D eigenvalue weighted by Crippen LogP contribution is 2.38. The zero-order valence-corrected chi connectivity index (χ0v) is 25.4. The van der Waals surface area contributed by atoms with Crippen LogP contribution >= 0.6 is 0 Å². The number of benzene rings is 2. The van der Waals surface area contributed by atoms with E-state index in [1.165, 1.54) is 51.3 Å². The summed E-state index contributed by atoms with van der Waals surface area (Å²) in [7, 11) is 1.51. The van der Waals surface area contributed by atoms with Gasteiger partial charge in [-0.25, -0.2) is 13.8 Å². The number of fused-ring (bicyclic) bond motifs is 1. The molecule has 0 saturated carbocycles. The molecule has 10 heteroatoms. The average Bonchev–Trinajstić information content (AvgIpc) is 3.37. The van der Waals surface area contributed by atoms with Crippen LogP contribution in [-0.2, 0) is 20.9 Å². The first-order valence-electron chi connectivity index (χ1n) is 14.1. The van der Waals surface area contributed by atoms with Crippen LogP contribution in [0.1, 0.15) is 61.8 Å². The summed E-state index contributed by atoms with van der Waals surface area (Å²) in [6, 6.07) is 11.8. The second kappa shape index (κ2) is 12.7. The molecule has 2 unspecified atom stereocenters. The molecule has 2 atom stereocenters. The molecule has 0 aliphatic carbocycles. The molecular weight excluding hydrogens is 556 g/mol. The first-order valence-corrected chi connectivity index (χ1v) is 14.1. The van der Waals surface area contributed by atoms with Crippen LogP contribution in [0.4, 0.5) is 8.78 Å². The molecule has 4 aromatic rings. The minimum atomic E-state index is -1.60. The molecule has 2 aromatic carbocycles. The molecule has 2 N–H and O–H groups in total. The van der Waals surface area contributed by atoms with E-state index in [1.54, 1.807) is 25.3 Å².